The summed E-state index contributed by atoms with van der Waals surface area (Å²) in [5.74, 6) is 0.126. The van der Waals surface area contributed by atoms with E-state index in [2.05, 4.69) is 18.0 Å². The molecule has 0 spiro atoms. The average Bonchev–Trinajstić information content (AvgIpc) is 2.85. The largest absolute Gasteiger partial charge is 0.340 e. The highest BCUT2D eigenvalue weighted by atomic mass is 16.2. The SMILES string of the molecule is CN1CCCN(C(=O)CN2C(=O)CCCc3ccccc32)CC1. The second kappa shape index (κ2) is 7.13. The number of nitrogens with zero attached hydrogens (tertiary/aromatic N) is 3. The fourth-order valence-corrected chi connectivity index (χ4v) is 3.39. The first-order valence-electron chi connectivity index (χ1n) is 8.50. The maximum atomic E-state index is 12.7. The summed E-state index contributed by atoms with van der Waals surface area (Å²) in [6.45, 7) is 3.62. The Morgan fingerprint density at radius 2 is 1.87 bits per heavy atom. The molecule has 2 amide bonds. The van der Waals surface area contributed by atoms with Crippen LogP contribution >= 0.6 is 0 Å². The highest BCUT2D eigenvalue weighted by molar-refractivity contribution is 5.99. The number of fused-ring (bicyclic) bond motifs is 1. The zero-order valence-corrected chi connectivity index (χ0v) is 13.8. The Morgan fingerprint density at radius 3 is 2.74 bits per heavy atom. The van der Waals surface area contributed by atoms with Crippen molar-refractivity contribution >= 4 is 17.5 Å². The van der Waals surface area contributed by atoms with E-state index in [4.69, 9.17) is 0 Å². The number of amides is 2. The molecule has 0 saturated carbocycles. The fourth-order valence-electron chi connectivity index (χ4n) is 3.39. The van der Waals surface area contributed by atoms with E-state index in [1.807, 2.05) is 23.1 Å². The van der Waals surface area contributed by atoms with E-state index >= 15 is 0 Å². The molecule has 1 saturated heterocycles. The molecule has 1 fully saturated rings. The molecular weight excluding hydrogens is 290 g/mol. The van der Waals surface area contributed by atoms with Crippen LogP contribution < -0.4 is 4.90 Å². The minimum absolute atomic E-state index is 0.0605. The van der Waals surface area contributed by atoms with Gasteiger partial charge in [0.15, 0.2) is 0 Å². The van der Waals surface area contributed by atoms with E-state index in [9.17, 15) is 9.59 Å². The van der Waals surface area contributed by atoms with Crippen LogP contribution in [0.2, 0.25) is 0 Å². The third kappa shape index (κ3) is 3.72. The highest BCUT2D eigenvalue weighted by Crippen LogP contribution is 2.26. The molecule has 2 aliphatic rings. The summed E-state index contributed by atoms with van der Waals surface area (Å²) < 4.78 is 0. The van der Waals surface area contributed by atoms with Crippen molar-refractivity contribution in [1.29, 1.82) is 0 Å². The lowest BCUT2D eigenvalue weighted by molar-refractivity contribution is -0.131. The number of para-hydroxylation sites is 1. The molecule has 23 heavy (non-hydrogen) atoms. The Labute approximate surface area is 137 Å². The number of carbonyl (C=O) groups excluding carboxylic acids is 2. The van der Waals surface area contributed by atoms with Gasteiger partial charge in [-0.15, -0.1) is 0 Å². The first kappa shape index (κ1) is 16.0. The van der Waals surface area contributed by atoms with E-state index in [1.165, 1.54) is 5.56 Å². The van der Waals surface area contributed by atoms with Gasteiger partial charge < -0.3 is 14.7 Å². The molecule has 0 aromatic heterocycles. The van der Waals surface area contributed by atoms with Crippen LogP contribution in [0.1, 0.15) is 24.8 Å². The van der Waals surface area contributed by atoms with Gasteiger partial charge in [-0.05, 0) is 44.5 Å². The van der Waals surface area contributed by atoms with Crippen LogP contribution in [0, 0.1) is 0 Å². The maximum Gasteiger partial charge on any atom is 0.242 e. The van der Waals surface area contributed by atoms with Crippen LogP contribution in [0.3, 0.4) is 0 Å². The standard InChI is InChI=1S/C18H25N3O2/c1-19-10-5-11-20(13-12-19)18(23)14-21-16-8-3-2-6-15(16)7-4-9-17(21)22/h2-3,6,8H,4-5,7,9-14H2,1H3. The summed E-state index contributed by atoms with van der Waals surface area (Å²) in [6, 6.07) is 7.96. The zero-order chi connectivity index (χ0) is 16.2. The van der Waals surface area contributed by atoms with Gasteiger partial charge in [0, 0.05) is 31.7 Å². The van der Waals surface area contributed by atoms with E-state index in [1.54, 1.807) is 4.90 Å². The van der Waals surface area contributed by atoms with Crippen LogP contribution in [-0.4, -0.2) is 61.4 Å². The molecule has 0 aliphatic carbocycles. The Morgan fingerprint density at radius 1 is 1.04 bits per heavy atom. The molecule has 5 heteroatoms. The molecule has 2 heterocycles. The van der Waals surface area contributed by atoms with Gasteiger partial charge in [0.2, 0.25) is 11.8 Å². The van der Waals surface area contributed by atoms with Crippen molar-refractivity contribution in [1.82, 2.24) is 9.80 Å². The monoisotopic (exact) mass is 315 g/mol. The lowest BCUT2D eigenvalue weighted by Crippen LogP contribution is -2.44. The predicted molar refractivity (Wildman–Crippen MR) is 90.4 cm³/mol. The molecule has 0 N–H and O–H groups in total. The summed E-state index contributed by atoms with van der Waals surface area (Å²) in [6.07, 6.45) is 3.27. The molecule has 0 atom stereocenters. The second-order valence-corrected chi connectivity index (χ2v) is 6.50. The molecule has 1 aromatic rings. The summed E-state index contributed by atoms with van der Waals surface area (Å²) in [4.78, 5) is 31.0. The summed E-state index contributed by atoms with van der Waals surface area (Å²) in [5.41, 5.74) is 2.08. The second-order valence-electron chi connectivity index (χ2n) is 6.50. The topological polar surface area (TPSA) is 43.9 Å². The van der Waals surface area contributed by atoms with Gasteiger partial charge in [0.1, 0.15) is 6.54 Å². The molecular formula is C18H25N3O2. The van der Waals surface area contributed by atoms with Gasteiger partial charge in [-0.3, -0.25) is 9.59 Å². The number of hydrogen-bond donors (Lipinski definition) is 0. The molecule has 5 nitrogen and oxygen atoms in total. The quantitative estimate of drug-likeness (QED) is 0.831. The van der Waals surface area contributed by atoms with Gasteiger partial charge in [0.05, 0.1) is 0 Å². The van der Waals surface area contributed by atoms with Crippen molar-refractivity contribution in [2.24, 2.45) is 0 Å². The lowest BCUT2D eigenvalue weighted by Gasteiger charge is -2.27. The summed E-state index contributed by atoms with van der Waals surface area (Å²) in [5, 5.41) is 0. The third-order valence-electron chi connectivity index (χ3n) is 4.79. The van der Waals surface area contributed by atoms with Gasteiger partial charge in [-0.1, -0.05) is 18.2 Å². The van der Waals surface area contributed by atoms with Crippen molar-refractivity contribution < 1.29 is 9.59 Å². The molecule has 0 unspecified atom stereocenters. The van der Waals surface area contributed by atoms with Crippen molar-refractivity contribution in [2.45, 2.75) is 25.7 Å². The van der Waals surface area contributed by atoms with Crippen LogP contribution in [0.5, 0.6) is 0 Å². The first-order valence-corrected chi connectivity index (χ1v) is 8.50. The minimum atomic E-state index is 0.0605. The first-order chi connectivity index (χ1) is 11.1. The molecule has 0 radical (unpaired) electrons. The highest BCUT2D eigenvalue weighted by Gasteiger charge is 2.26. The van der Waals surface area contributed by atoms with Crippen molar-refractivity contribution in [3.8, 4) is 0 Å². The Balaban J connectivity index is 1.75. The maximum absolute atomic E-state index is 12.7. The fraction of sp³-hybridized carbons (Fsp3) is 0.556. The third-order valence-corrected chi connectivity index (χ3v) is 4.79. The van der Waals surface area contributed by atoms with Crippen LogP contribution in [0.15, 0.2) is 24.3 Å². The predicted octanol–water partition coefficient (Wildman–Crippen LogP) is 1.52. The van der Waals surface area contributed by atoms with Crippen molar-refractivity contribution in [3.63, 3.8) is 0 Å². The molecule has 0 bridgehead atoms. The Kier molecular flexibility index (Phi) is 4.96. The van der Waals surface area contributed by atoms with Crippen molar-refractivity contribution in [2.75, 3.05) is 44.7 Å². The average molecular weight is 315 g/mol. The Bertz CT molecular complexity index is 587. The van der Waals surface area contributed by atoms with Gasteiger partial charge in [-0.25, -0.2) is 0 Å². The number of carbonyl (C=O) groups is 2. The van der Waals surface area contributed by atoms with Crippen LogP contribution in [0.25, 0.3) is 0 Å². The van der Waals surface area contributed by atoms with Crippen molar-refractivity contribution in [3.05, 3.63) is 29.8 Å². The number of aryl methyl sites for hydroxylation is 1. The normalized spacial score (nSPS) is 20.0. The van der Waals surface area contributed by atoms with Gasteiger partial charge in [-0.2, -0.15) is 0 Å². The lowest BCUT2D eigenvalue weighted by atomic mass is 10.1. The van der Waals surface area contributed by atoms with Crippen LogP contribution in [-0.2, 0) is 16.0 Å². The minimum Gasteiger partial charge on any atom is -0.340 e. The van der Waals surface area contributed by atoms with Gasteiger partial charge in [0.25, 0.3) is 0 Å². The summed E-state index contributed by atoms with van der Waals surface area (Å²) in [7, 11) is 2.09. The number of benzene rings is 1. The smallest absolute Gasteiger partial charge is 0.242 e. The van der Waals surface area contributed by atoms with E-state index < -0.39 is 0 Å². The summed E-state index contributed by atoms with van der Waals surface area (Å²) >= 11 is 0. The van der Waals surface area contributed by atoms with E-state index in [-0.39, 0.29) is 18.4 Å². The number of rotatable bonds is 2. The number of hydrogen-bond acceptors (Lipinski definition) is 3. The number of anilines is 1. The molecule has 3 rings (SSSR count). The van der Waals surface area contributed by atoms with Crippen LogP contribution in [0.4, 0.5) is 5.69 Å². The number of likely N-dealkylation sites (N-methyl/N-ethyl adjacent to an activating group) is 1. The molecule has 2 aliphatic heterocycles. The Hall–Kier alpha value is -1.88. The van der Waals surface area contributed by atoms with Gasteiger partial charge >= 0.3 is 0 Å². The zero-order valence-electron chi connectivity index (χ0n) is 13.8. The molecule has 124 valence electrons. The van der Waals surface area contributed by atoms with E-state index in [0.717, 1.165) is 51.1 Å². The molecule has 1 aromatic carbocycles. The van der Waals surface area contributed by atoms with E-state index in [0.29, 0.717) is 6.42 Å².